The van der Waals surface area contributed by atoms with Crippen molar-refractivity contribution in [3.8, 4) is 0 Å². The molecule has 1 saturated carbocycles. The zero-order valence-corrected chi connectivity index (χ0v) is 10.6. The van der Waals surface area contributed by atoms with E-state index in [4.69, 9.17) is 5.11 Å². The predicted octanol–water partition coefficient (Wildman–Crippen LogP) is 0.603. The Kier molecular flexibility index (Phi) is 4.93. The van der Waals surface area contributed by atoms with E-state index in [9.17, 15) is 9.59 Å². The first-order valence-corrected chi connectivity index (χ1v) is 6.23. The molecule has 1 aliphatic carbocycles. The minimum absolute atomic E-state index is 0.0709. The van der Waals surface area contributed by atoms with Crippen LogP contribution in [-0.2, 0) is 9.59 Å². The smallest absolute Gasteiger partial charge is 0.311 e. The van der Waals surface area contributed by atoms with Crippen LogP contribution in [0, 0.1) is 11.3 Å². The SMILES string of the molecule is CCNCC(C)C(=O)NCC1(C(=O)O)CCC1. The molecule has 0 aliphatic heterocycles. The standard InChI is InChI=1S/C12H22N2O3/c1-3-13-7-9(2)10(15)14-8-12(11(16)17)5-4-6-12/h9,13H,3-8H2,1-2H3,(H,14,15)(H,16,17). The molecular weight excluding hydrogens is 220 g/mol. The van der Waals surface area contributed by atoms with Crippen molar-refractivity contribution in [3.05, 3.63) is 0 Å². The molecule has 0 aromatic heterocycles. The van der Waals surface area contributed by atoms with Gasteiger partial charge in [0.1, 0.15) is 0 Å². The van der Waals surface area contributed by atoms with Gasteiger partial charge in [-0.1, -0.05) is 20.3 Å². The summed E-state index contributed by atoms with van der Waals surface area (Å²) in [5.41, 5.74) is -0.701. The van der Waals surface area contributed by atoms with Crippen LogP contribution in [0.3, 0.4) is 0 Å². The highest BCUT2D eigenvalue weighted by Gasteiger charge is 2.44. The number of carboxylic acid groups (broad SMARTS) is 1. The Balaban J connectivity index is 2.34. The highest BCUT2D eigenvalue weighted by Crippen LogP contribution is 2.40. The molecule has 0 spiro atoms. The van der Waals surface area contributed by atoms with Crippen LogP contribution >= 0.6 is 0 Å². The lowest BCUT2D eigenvalue weighted by atomic mass is 9.69. The molecule has 17 heavy (non-hydrogen) atoms. The lowest BCUT2D eigenvalue weighted by Crippen LogP contribution is -2.49. The molecule has 5 heteroatoms. The van der Waals surface area contributed by atoms with Crippen LogP contribution in [0.25, 0.3) is 0 Å². The summed E-state index contributed by atoms with van der Waals surface area (Å²) < 4.78 is 0. The second kappa shape index (κ2) is 6.00. The van der Waals surface area contributed by atoms with Gasteiger partial charge in [0.15, 0.2) is 0 Å². The normalized spacial score (nSPS) is 19.2. The van der Waals surface area contributed by atoms with Gasteiger partial charge in [0.2, 0.25) is 5.91 Å². The van der Waals surface area contributed by atoms with E-state index >= 15 is 0 Å². The Hall–Kier alpha value is -1.10. The molecule has 1 aliphatic rings. The predicted molar refractivity (Wildman–Crippen MR) is 64.6 cm³/mol. The van der Waals surface area contributed by atoms with Crippen molar-refractivity contribution < 1.29 is 14.7 Å². The molecule has 1 rings (SSSR count). The lowest BCUT2D eigenvalue weighted by Gasteiger charge is -2.37. The number of aliphatic carboxylic acids is 1. The third-order valence-electron chi connectivity index (χ3n) is 3.51. The van der Waals surface area contributed by atoms with Gasteiger partial charge in [0.05, 0.1) is 5.41 Å². The van der Waals surface area contributed by atoms with E-state index in [1.54, 1.807) is 0 Å². The quantitative estimate of drug-likeness (QED) is 0.611. The second-order valence-electron chi connectivity index (χ2n) is 4.87. The molecule has 98 valence electrons. The van der Waals surface area contributed by atoms with Gasteiger partial charge in [-0.05, 0) is 19.4 Å². The van der Waals surface area contributed by atoms with Crippen molar-refractivity contribution in [1.82, 2.24) is 10.6 Å². The van der Waals surface area contributed by atoms with Crippen molar-refractivity contribution >= 4 is 11.9 Å². The van der Waals surface area contributed by atoms with Crippen LogP contribution in [0.4, 0.5) is 0 Å². The van der Waals surface area contributed by atoms with Crippen LogP contribution in [-0.4, -0.2) is 36.6 Å². The molecule has 0 aromatic rings. The summed E-state index contributed by atoms with van der Waals surface area (Å²) >= 11 is 0. The highest BCUT2D eigenvalue weighted by atomic mass is 16.4. The van der Waals surface area contributed by atoms with Gasteiger partial charge in [-0.25, -0.2) is 0 Å². The fourth-order valence-corrected chi connectivity index (χ4v) is 1.95. The van der Waals surface area contributed by atoms with Gasteiger partial charge in [0.25, 0.3) is 0 Å². The zero-order chi connectivity index (χ0) is 12.9. The zero-order valence-electron chi connectivity index (χ0n) is 10.6. The first-order valence-electron chi connectivity index (χ1n) is 6.23. The van der Waals surface area contributed by atoms with Gasteiger partial charge in [-0.15, -0.1) is 0 Å². The van der Waals surface area contributed by atoms with Crippen LogP contribution in [0.15, 0.2) is 0 Å². The maximum atomic E-state index is 11.7. The van der Waals surface area contributed by atoms with E-state index in [0.717, 1.165) is 13.0 Å². The highest BCUT2D eigenvalue weighted by molar-refractivity contribution is 5.81. The number of nitrogens with one attached hydrogen (secondary N) is 2. The summed E-state index contributed by atoms with van der Waals surface area (Å²) in [7, 11) is 0. The van der Waals surface area contributed by atoms with Crippen molar-refractivity contribution in [2.75, 3.05) is 19.6 Å². The summed E-state index contributed by atoms with van der Waals surface area (Å²) in [4.78, 5) is 22.8. The Morgan fingerprint density at radius 3 is 2.47 bits per heavy atom. The van der Waals surface area contributed by atoms with Crippen molar-refractivity contribution in [3.63, 3.8) is 0 Å². The number of rotatable bonds is 7. The summed E-state index contributed by atoms with van der Waals surface area (Å²) in [6.07, 6.45) is 2.28. The molecule has 0 saturated heterocycles. The number of carboxylic acids is 1. The average Bonchev–Trinajstić information content (AvgIpc) is 2.23. The number of carbonyl (C=O) groups excluding carboxylic acids is 1. The number of hydrogen-bond donors (Lipinski definition) is 3. The van der Waals surface area contributed by atoms with Crippen LogP contribution in [0.2, 0.25) is 0 Å². The molecule has 1 atom stereocenters. The van der Waals surface area contributed by atoms with Gasteiger partial charge in [0, 0.05) is 19.0 Å². The first kappa shape index (κ1) is 14.0. The third-order valence-corrected chi connectivity index (χ3v) is 3.51. The Morgan fingerprint density at radius 1 is 1.41 bits per heavy atom. The van der Waals surface area contributed by atoms with Crippen LogP contribution in [0.1, 0.15) is 33.1 Å². The van der Waals surface area contributed by atoms with Crippen molar-refractivity contribution in [2.24, 2.45) is 11.3 Å². The van der Waals surface area contributed by atoms with E-state index in [1.807, 2.05) is 13.8 Å². The number of amides is 1. The molecule has 1 unspecified atom stereocenters. The fraction of sp³-hybridized carbons (Fsp3) is 0.833. The van der Waals surface area contributed by atoms with E-state index < -0.39 is 11.4 Å². The summed E-state index contributed by atoms with van der Waals surface area (Å²) in [5.74, 6) is -0.984. The second-order valence-corrected chi connectivity index (χ2v) is 4.87. The topological polar surface area (TPSA) is 78.4 Å². The molecule has 3 N–H and O–H groups in total. The Labute approximate surface area is 102 Å². The van der Waals surface area contributed by atoms with Gasteiger partial charge < -0.3 is 15.7 Å². The minimum Gasteiger partial charge on any atom is -0.481 e. The van der Waals surface area contributed by atoms with Crippen molar-refractivity contribution in [1.29, 1.82) is 0 Å². The molecule has 1 amide bonds. The molecule has 1 fully saturated rings. The number of carbonyl (C=O) groups is 2. The van der Waals surface area contributed by atoms with E-state index in [0.29, 0.717) is 19.4 Å². The summed E-state index contributed by atoms with van der Waals surface area (Å²) in [5, 5.41) is 15.0. The van der Waals surface area contributed by atoms with Crippen molar-refractivity contribution in [2.45, 2.75) is 33.1 Å². The molecule has 5 nitrogen and oxygen atoms in total. The molecular formula is C12H22N2O3. The van der Waals surface area contributed by atoms with E-state index in [2.05, 4.69) is 10.6 Å². The van der Waals surface area contributed by atoms with Crippen LogP contribution < -0.4 is 10.6 Å². The van der Waals surface area contributed by atoms with Gasteiger partial charge in [-0.2, -0.15) is 0 Å². The summed E-state index contributed by atoms with van der Waals surface area (Å²) in [6.45, 7) is 5.54. The van der Waals surface area contributed by atoms with Gasteiger partial charge in [-0.3, -0.25) is 9.59 Å². The minimum atomic E-state index is -0.789. The summed E-state index contributed by atoms with van der Waals surface area (Å²) in [6, 6.07) is 0. The molecule has 0 heterocycles. The van der Waals surface area contributed by atoms with Gasteiger partial charge >= 0.3 is 5.97 Å². The average molecular weight is 242 g/mol. The number of hydrogen-bond acceptors (Lipinski definition) is 3. The van der Waals surface area contributed by atoms with E-state index in [-0.39, 0.29) is 18.4 Å². The van der Waals surface area contributed by atoms with Crippen LogP contribution in [0.5, 0.6) is 0 Å². The molecule has 0 radical (unpaired) electrons. The maximum Gasteiger partial charge on any atom is 0.311 e. The Morgan fingerprint density at radius 2 is 2.06 bits per heavy atom. The lowest BCUT2D eigenvalue weighted by molar-refractivity contribution is -0.154. The molecule has 0 aromatic carbocycles. The monoisotopic (exact) mass is 242 g/mol. The maximum absolute atomic E-state index is 11.7. The fourth-order valence-electron chi connectivity index (χ4n) is 1.95. The largest absolute Gasteiger partial charge is 0.481 e. The third kappa shape index (κ3) is 3.43. The molecule has 0 bridgehead atoms. The van der Waals surface area contributed by atoms with E-state index in [1.165, 1.54) is 0 Å². The Bertz CT molecular complexity index is 287. The first-order chi connectivity index (χ1) is 8.02.